The molecule has 1 aromatic rings. The van der Waals surface area contributed by atoms with Crippen molar-refractivity contribution in [3.63, 3.8) is 0 Å². The highest BCUT2D eigenvalue weighted by Gasteiger charge is 2.44. The summed E-state index contributed by atoms with van der Waals surface area (Å²) in [5.41, 5.74) is -2.68. The van der Waals surface area contributed by atoms with Gasteiger partial charge in [0.2, 0.25) is 0 Å². The van der Waals surface area contributed by atoms with Gasteiger partial charge in [0.1, 0.15) is 0 Å². The minimum absolute atomic E-state index is 0.490. The highest BCUT2D eigenvalue weighted by atomic mass is 19.4. The van der Waals surface area contributed by atoms with Crippen molar-refractivity contribution < 1.29 is 31.4 Å². The zero-order valence-electron chi connectivity index (χ0n) is 7.60. The minimum Gasteiger partial charge on any atom is -0.379 e. The fraction of sp³-hybridized carbons (Fsp3) is 0.333. The van der Waals surface area contributed by atoms with Crippen LogP contribution >= 0.6 is 0 Å². The minimum atomic E-state index is -5.12. The van der Waals surface area contributed by atoms with E-state index in [4.69, 9.17) is 5.11 Å². The van der Waals surface area contributed by atoms with E-state index in [1.165, 1.54) is 0 Å². The number of aliphatic hydroxyl groups excluding tert-OH is 1. The predicted molar refractivity (Wildman–Crippen MR) is 42.5 cm³/mol. The molecule has 0 fully saturated rings. The van der Waals surface area contributed by atoms with Gasteiger partial charge in [-0.3, -0.25) is 0 Å². The first-order valence-electron chi connectivity index (χ1n) is 4.05. The highest BCUT2D eigenvalue weighted by molar-refractivity contribution is 5.32. The average molecular weight is 244 g/mol. The van der Waals surface area contributed by atoms with Crippen LogP contribution < -0.4 is 0 Å². The first-order valence-corrected chi connectivity index (χ1v) is 4.05. The lowest BCUT2D eigenvalue weighted by molar-refractivity contribution is -0.209. The van der Waals surface area contributed by atoms with Crippen LogP contribution in [0.15, 0.2) is 24.3 Å². The topological polar surface area (TPSA) is 20.2 Å². The van der Waals surface area contributed by atoms with Crippen LogP contribution in [0.25, 0.3) is 0 Å². The van der Waals surface area contributed by atoms with Gasteiger partial charge >= 0.3 is 12.4 Å². The smallest absolute Gasteiger partial charge is 0.379 e. The first kappa shape index (κ1) is 12.8. The summed E-state index contributed by atoms with van der Waals surface area (Å²) in [6.45, 7) is 0. The van der Waals surface area contributed by atoms with Gasteiger partial charge in [-0.25, -0.2) is 0 Å². The van der Waals surface area contributed by atoms with Gasteiger partial charge in [0.05, 0.1) is 5.56 Å². The van der Waals surface area contributed by atoms with Gasteiger partial charge in [-0.05, 0) is 6.07 Å². The van der Waals surface area contributed by atoms with E-state index < -0.39 is 29.6 Å². The molecule has 0 saturated heterocycles. The molecule has 90 valence electrons. The maximum Gasteiger partial charge on any atom is 0.418 e. The number of halogens is 6. The Balaban J connectivity index is 3.25. The fourth-order valence-electron chi connectivity index (χ4n) is 1.17. The molecule has 1 N–H and O–H groups in total. The number of aliphatic hydroxyl groups is 1. The number of hydrogen-bond acceptors (Lipinski definition) is 1. The lowest BCUT2D eigenvalue weighted by Gasteiger charge is -2.19. The van der Waals surface area contributed by atoms with Crippen LogP contribution in [-0.2, 0) is 6.18 Å². The van der Waals surface area contributed by atoms with Crippen molar-refractivity contribution in [1.82, 2.24) is 0 Å². The van der Waals surface area contributed by atoms with Crippen LogP contribution in [0.4, 0.5) is 26.3 Å². The molecule has 0 aliphatic heterocycles. The van der Waals surface area contributed by atoms with E-state index in [9.17, 15) is 26.3 Å². The fourth-order valence-corrected chi connectivity index (χ4v) is 1.17. The molecular formula is C9H6F6O. The average Bonchev–Trinajstić information content (AvgIpc) is 2.14. The van der Waals surface area contributed by atoms with Gasteiger partial charge < -0.3 is 5.11 Å². The molecule has 0 unspecified atom stereocenters. The SMILES string of the molecule is O[C@@H](c1ccccc1C(F)(F)F)C(F)(F)F. The Kier molecular flexibility index (Phi) is 3.18. The van der Waals surface area contributed by atoms with Crippen LogP contribution in [-0.4, -0.2) is 11.3 Å². The summed E-state index contributed by atoms with van der Waals surface area (Å²) in [7, 11) is 0. The van der Waals surface area contributed by atoms with E-state index in [2.05, 4.69) is 0 Å². The zero-order valence-corrected chi connectivity index (χ0v) is 7.60. The van der Waals surface area contributed by atoms with Crippen LogP contribution in [0.3, 0.4) is 0 Å². The summed E-state index contributed by atoms with van der Waals surface area (Å²) in [6.07, 6.45) is -13.2. The standard InChI is InChI=1S/C9H6F6O/c10-8(11,12)6-4-2-1-3-5(6)7(16)9(13,14)15/h1-4,7,16H/t7-/m0/s1. The molecule has 0 bridgehead atoms. The van der Waals surface area contributed by atoms with Crippen LogP contribution in [0.1, 0.15) is 17.2 Å². The molecule has 0 spiro atoms. The maximum atomic E-state index is 12.3. The normalized spacial score (nSPS) is 14.9. The Morgan fingerprint density at radius 1 is 0.938 bits per heavy atom. The maximum absolute atomic E-state index is 12.3. The van der Waals surface area contributed by atoms with E-state index in [1.54, 1.807) is 0 Å². The summed E-state index contributed by atoms with van der Waals surface area (Å²) in [5.74, 6) is 0. The molecule has 1 nitrogen and oxygen atoms in total. The van der Waals surface area contributed by atoms with Crippen LogP contribution in [0.5, 0.6) is 0 Å². The largest absolute Gasteiger partial charge is 0.418 e. The molecule has 0 heterocycles. The Morgan fingerprint density at radius 2 is 1.44 bits per heavy atom. The molecular weight excluding hydrogens is 238 g/mol. The Bertz CT molecular complexity index is 367. The molecule has 0 amide bonds. The molecule has 16 heavy (non-hydrogen) atoms. The molecule has 0 radical (unpaired) electrons. The molecule has 0 aliphatic rings. The number of alkyl halides is 6. The van der Waals surface area contributed by atoms with Gasteiger partial charge in [-0.2, -0.15) is 26.3 Å². The van der Waals surface area contributed by atoms with Crippen molar-refractivity contribution in [1.29, 1.82) is 0 Å². The van der Waals surface area contributed by atoms with E-state index in [-0.39, 0.29) is 0 Å². The molecule has 7 heteroatoms. The Morgan fingerprint density at radius 3 is 1.88 bits per heavy atom. The first-order chi connectivity index (χ1) is 7.14. The van der Waals surface area contributed by atoms with Crippen molar-refractivity contribution in [3.8, 4) is 0 Å². The monoisotopic (exact) mass is 244 g/mol. The molecule has 1 aromatic carbocycles. The Labute approximate surface area is 86.3 Å². The van der Waals surface area contributed by atoms with Gasteiger partial charge in [0.15, 0.2) is 6.10 Å². The van der Waals surface area contributed by atoms with E-state index in [0.717, 1.165) is 12.1 Å². The second-order valence-corrected chi connectivity index (χ2v) is 3.03. The Hall–Kier alpha value is -1.24. The molecule has 1 rings (SSSR count). The summed E-state index contributed by atoms with van der Waals surface area (Å²) >= 11 is 0. The van der Waals surface area contributed by atoms with Gasteiger partial charge in [-0.15, -0.1) is 0 Å². The number of benzene rings is 1. The zero-order chi connectivity index (χ0) is 12.6. The van der Waals surface area contributed by atoms with E-state index >= 15 is 0 Å². The third-order valence-corrected chi connectivity index (χ3v) is 1.87. The summed E-state index contributed by atoms with van der Waals surface area (Å²) in [5, 5.41) is 8.78. The lowest BCUT2D eigenvalue weighted by atomic mass is 10.0. The van der Waals surface area contributed by atoms with Crippen molar-refractivity contribution >= 4 is 0 Å². The van der Waals surface area contributed by atoms with Crippen LogP contribution in [0, 0.1) is 0 Å². The second kappa shape index (κ2) is 3.97. The third kappa shape index (κ3) is 2.66. The summed E-state index contributed by atoms with van der Waals surface area (Å²) in [6, 6.07) is 3.04. The van der Waals surface area contributed by atoms with Gasteiger partial charge in [0.25, 0.3) is 0 Å². The van der Waals surface area contributed by atoms with Crippen molar-refractivity contribution in [2.75, 3.05) is 0 Å². The molecule has 0 aromatic heterocycles. The van der Waals surface area contributed by atoms with Crippen LogP contribution in [0.2, 0.25) is 0 Å². The van der Waals surface area contributed by atoms with Crippen molar-refractivity contribution in [2.24, 2.45) is 0 Å². The summed E-state index contributed by atoms with van der Waals surface area (Å²) in [4.78, 5) is 0. The third-order valence-electron chi connectivity index (χ3n) is 1.87. The van der Waals surface area contributed by atoms with Gasteiger partial charge in [-0.1, -0.05) is 18.2 Å². The quantitative estimate of drug-likeness (QED) is 0.751. The molecule has 0 aliphatic carbocycles. The molecule has 0 saturated carbocycles. The lowest BCUT2D eigenvalue weighted by Crippen LogP contribution is -2.23. The van der Waals surface area contributed by atoms with Gasteiger partial charge in [0, 0.05) is 5.56 Å². The highest BCUT2D eigenvalue weighted by Crippen LogP contribution is 2.39. The predicted octanol–water partition coefficient (Wildman–Crippen LogP) is 3.30. The summed E-state index contributed by atoms with van der Waals surface area (Å²) < 4.78 is 73.2. The number of rotatable bonds is 1. The van der Waals surface area contributed by atoms with E-state index in [0.29, 0.717) is 12.1 Å². The van der Waals surface area contributed by atoms with Crippen molar-refractivity contribution in [3.05, 3.63) is 35.4 Å². The van der Waals surface area contributed by atoms with E-state index in [1.807, 2.05) is 0 Å². The second-order valence-electron chi connectivity index (χ2n) is 3.03. The molecule has 1 atom stereocenters. The number of hydrogen-bond donors (Lipinski definition) is 1. The van der Waals surface area contributed by atoms with Crippen molar-refractivity contribution in [2.45, 2.75) is 18.5 Å².